The summed E-state index contributed by atoms with van der Waals surface area (Å²) in [4.78, 5) is 25.2. The van der Waals surface area contributed by atoms with Crippen LogP contribution in [0.15, 0.2) is 66.7 Å². The molecule has 0 aliphatic carbocycles. The number of sulfone groups is 1. The van der Waals surface area contributed by atoms with E-state index < -0.39 is 21.8 Å². The van der Waals surface area contributed by atoms with E-state index in [4.69, 9.17) is 11.6 Å². The highest BCUT2D eigenvalue weighted by atomic mass is 35.5. The van der Waals surface area contributed by atoms with Crippen LogP contribution in [-0.2, 0) is 26.9 Å². The fourth-order valence-corrected chi connectivity index (χ4v) is 5.61. The number of hydrogen-bond donors (Lipinski definition) is 3. The number of carbonyl (C=O) groups is 2. The van der Waals surface area contributed by atoms with Crippen molar-refractivity contribution in [3.8, 4) is 0 Å². The normalized spacial score (nSPS) is 15.1. The van der Waals surface area contributed by atoms with Gasteiger partial charge in [0.05, 0.1) is 22.9 Å². The Morgan fingerprint density at radius 1 is 1.00 bits per heavy atom. The molecule has 3 aromatic rings. The summed E-state index contributed by atoms with van der Waals surface area (Å²) >= 11 is 6.13. The largest absolute Gasteiger partial charge is 0.371 e. The smallest absolute Gasteiger partial charge is 0.251 e. The van der Waals surface area contributed by atoms with Crippen LogP contribution in [0.25, 0.3) is 0 Å². The molecule has 0 aromatic heterocycles. The number of halogens is 1. The third-order valence-corrected chi connectivity index (χ3v) is 7.60. The standard InChI is InChI=1S/C25H24ClN3O4S/c1-16-6-2-3-8-19(16)14-34(32,33)15-23-25(31)29-22-12-17(10-11-21(22)28-23)24(30)27-13-18-7-4-5-9-20(18)26/h2-12,23,28H,13-15H2,1H3,(H,27,30)(H,29,31). The molecule has 0 spiro atoms. The molecule has 1 unspecified atom stereocenters. The van der Waals surface area contributed by atoms with E-state index in [1.807, 2.05) is 37.3 Å². The van der Waals surface area contributed by atoms with Crippen LogP contribution in [0, 0.1) is 6.92 Å². The predicted molar refractivity (Wildman–Crippen MR) is 134 cm³/mol. The van der Waals surface area contributed by atoms with Crippen LogP contribution < -0.4 is 16.0 Å². The first kappa shape index (κ1) is 23.8. The highest BCUT2D eigenvalue weighted by Crippen LogP contribution is 2.29. The zero-order valence-electron chi connectivity index (χ0n) is 18.5. The second kappa shape index (κ2) is 9.87. The van der Waals surface area contributed by atoms with Crippen LogP contribution in [-0.4, -0.2) is 32.0 Å². The Morgan fingerprint density at radius 2 is 1.71 bits per heavy atom. The van der Waals surface area contributed by atoms with Gasteiger partial charge in [0.1, 0.15) is 6.04 Å². The number of carbonyl (C=O) groups excluding carboxylic acids is 2. The van der Waals surface area contributed by atoms with Gasteiger partial charge in [0.25, 0.3) is 5.91 Å². The monoisotopic (exact) mass is 497 g/mol. The topological polar surface area (TPSA) is 104 Å². The van der Waals surface area contributed by atoms with Gasteiger partial charge in [-0.3, -0.25) is 9.59 Å². The summed E-state index contributed by atoms with van der Waals surface area (Å²) in [6.07, 6.45) is 0. The Labute approximate surface area is 203 Å². The first-order valence-electron chi connectivity index (χ1n) is 10.7. The zero-order chi connectivity index (χ0) is 24.3. The number of rotatable bonds is 7. The maximum atomic E-state index is 12.8. The van der Waals surface area contributed by atoms with Gasteiger partial charge < -0.3 is 16.0 Å². The highest BCUT2D eigenvalue weighted by Gasteiger charge is 2.30. The summed E-state index contributed by atoms with van der Waals surface area (Å²) in [5, 5.41) is 9.08. The lowest BCUT2D eigenvalue weighted by atomic mass is 10.1. The molecule has 0 radical (unpaired) electrons. The Kier molecular flexibility index (Phi) is 6.90. The lowest BCUT2D eigenvalue weighted by Crippen LogP contribution is -2.43. The molecule has 1 heterocycles. The fraction of sp³-hybridized carbons (Fsp3) is 0.200. The molecule has 4 rings (SSSR count). The number of amides is 2. The summed E-state index contributed by atoms with van der Waals surface area (Å²) < 4.78 is 25.5. The van der Waals surface area contributed by atoms with Crippen LogP contribution >= 0.6 is 11.6 Å². The van der Waals surface area contributed by atoms with Crippen molar-refractivity contribution >= 4 is 44.6 Å². The first-order chi connectivity index (χ1) is 16.2. The number of fused-ring (bicyclic) bond motifs is 1. The molecule has 3 aromatic carbocycles. The number of hydrogen-bond acceptors (Lipinski definition) is 5. The molecule has 3 N–H and O–H groups in total. The van der Waals surface area contributed by atoms with E-state index in [0.29, 0.717) is 27.5 Å². The van der Waals surface area contributed by atoms with Gasteiger partial charge >= 0.3 is 0 Å². The quantitative estimate of drug-likeness (QED) is 0.459. The first-order valence-corrected chi connectivity index (χ1v) is 12.9. The van der Waals surface area contributed by atoms with Crippen molar-refractivity contribution in [3.05, 3.63) is 94.0 Å². The zero-order valence-corrected chi connectivity index (χ0v) is 20.0. The van der Waals surface area contributed by atoms with E-state index in [2.05, 4.69) is 16.0 Å². The molecule has 176 valence electrons. The predicted octanol–water partition coefficient (Wildman–Crippen LogP) is 3.93. The molecule has 9 heteroatoms. The molecule has 0 saturated heterocycles. The molecule has 1 aliphatic heterocycles. The van der Waals surface area contributed by atoms with E-state index in [0.717, 1.165) is 11.1 Å². The molecule has 2 amide bonds. The van der Waals surface area contributed by atoms with E-state index in [-0.39, 0.29) is 24.0 Å². The van der Waals surface area contributed by atoms with Crippen molar-refractivity contribution in [2.45, 2.75) is 25.3 Å². The van der Waals surface area contributed by atoms with Crippen molar-refractivity contribution in [2.24, 2.45) is 0 Å². The molecular formula is C25H24ClN3O4S. The lowest BCUT2D eigenvalue weighted by Gasteiger charge is -2.27. The van der Waals surface area contributed by atoms with Gasteiger partial charge in [-0.25, -0.2) is 8.42 Å². The number of benzene rings is 3. The summed E-state index contributed by atoms with van der Waals surface area (Å²) in [6.45, 7) is 2.12. The third kappa shape index (κ3) is 5.58. The van der Waals surface area contributed by atoms with Crippen molar-refractivity contribution in [3.63, 3.8) is 0 Å². The maximum Gasteiger partial charge on any atom is 0.251 e. The van der Waals surface area contributed by atoms with Crippen molar-refractivity contribution in [2.75, 3.05) is 16.4 Å². The maximum absolute atomic E-state index is 12.8. The van der Waals surface area contributed by atoms with Crippen LogP contribution in [0.1, 0.15) is 27.0 Å². The SMILES string of the molecule is Cc1ccccc1CS(=O)(=O)CC1Nc2ccc(C(=O)NCc3ccccc3Cl)cc2NC1=O. The summed E-state index contributed by atoms with van der Waals surface area (Å²) in [5.74, 6) is -1.26. The van der Waals surface area contributed by atoms with Crippen LogP contribution in [0.3, 0.4) is 0 Å². The average Bonchev–Trinajstić information content (AvgIpc) is 2.80. The van der Waals surface area contributed by atoms with Crippen molar-refractivity contribution < 1.29 is 18.0 Å². The number of aryl methyl sites for hydroxylation is 1. The van der Waals surface area contributed by atoms with Gasteiger partial charge in [0.15, 0.2) is 9.84 Å². The molecular weight excluding hydrogens is 474 g/mol. The molecule has 1 aliphatic rings. The van der Waals surface area contributed by atoms with Gasteiger partial charge in [-0.2, -0.15) is 0 Å². The van der Waals surface area contributed by atoms with Crippen molar-refractivity contribution in [1.82, 2.24) is 5.32 Å². The highest BCUT2D eigenvalue weighted by molar-refractivity contribution is 7.90. The van der Waals surface area contributed by atoms with Crippen LogP contribution in [0.2, 0.25) is 5.02 Å². The molecule has 0 saturated carbocycles. The van der Waals surface area contributed by atoms with Gasteiger partial charge in [0, 0.05) is 17.1 Å². The molecule has 7 nitrogen and oxygen atoms in total. The Balaban J connectivity index is 1.42. The molecule has 0 bridgehead atoms. The minimum atomic E-state index is -3.55. The molecule has 0 fully saturated rings. The van der Waals surface area contributed by atoms with Gasteiger partial charge in [-0.1, -0.05) is 54.1 Å². The van der Waals surface area contributed by atoms with Gasteiger partial charge in [0.2, 0.25) is 5.91 Å². The Hall–Kier alpha value is -3.36. The van der Waals surface area contributed by atoms with E-state index in [1.54, 1.807) is 36.4 Å². The minimum Gasteiger partial charge on any atom is -0.371 e. The van der Waals surface area contributed by atoms with Gasteiger partial charge in [-0.05, 0) is 47.9 Å². The molecule has 1 atom stereocenters. The third-order valence-electron chi connectivity index (χ3n) is 5.64. The number of nitrogens with one attached hydrogen (secondary N) is 3. The average molecular weight is 498 g/mol. The minimum absolute atomic E-state index is 0.136. The lowest BCUT2D eigenvalue weighted by molar-refractivity contribution is -0.116. The summed E-state index contributed by atoms with van der Waals surface area (Å²) in [5.41, 5.74) is 3.73. The summed E-state index contributed by atoms with van der Waals surface area (Å²) in [6, 6.07) is 18.4. The number of anilines is 2. The second-order valence-electron chi connectivity index (χ2n) is 8.20. The second-order valence-corrected chi connectivity index (χ2v) is 10.7. The van der Waals surface area contributed by atoms with E-state index >= 15 is 0 Å². The Morgan fingerprint density at radius 3 is 2.44 bits per heavy atom. The summed E-state index contributed by atoms with van der Waals surface area (Å²) in [7, 11) is -3.55. The van der Waals surface area contributed by atoms with Gasteiger partial charge in [-0.15, -0.1) is 0 Å². The molecule has 34 heavy (non-hydrogen) atoms. The Bertz CT molecular complexity index is 1360. The fourth-order valence-electron chi connectivity index (χ4n) is 3.75. The van der Waals surface area contributed by atoms with E-state index in [1.165, 1.54) is 0 Å². The van der Waals surface area contributed by atoms with Crippen LogP contribution in [0.5, 0.6) is 0 Å². The van der Waals surface area contributed by atoms with Crippen molar-refractivity contribution in [1.29, 1.82) is 0 Å². The van der Waals surface area contributed by atoms with E-state index in [9.17, 15) is 18.0 Å². The van der Waals surface area contributed by atoms with Crippen LogP contribution in [0.4, 0.5) is 11.4 Å².